The maximum absolute atomic E-state index is 12.0. The van der Waals surface area contributed by atoms with E-state index >= 15 is 0 Å². The van der Waals surface area contributed by atoms with Gasteiger partial charge in [-0.2, -0.15) is 5.10 Å². The zero-order valence-corrected chi connectivity index (χ0v) is 12.7. The number of fused-ring (bicyclic) bond motifs is 1. The Labute approximate surface area is 129 Å². The average Bonchev–Trinajstić information content (AvgIpc) is 2.95. The molecule has 2 aromatic heterocycles. The van der Waals surface area contributed by atoms with Crippen LogP contribution in [0.1, 0.15) is 5.82 Å². The molecule has 22 heavy (non-hydrogen) atoms. The lowest BCUT2D eigenvalue weighted by atomic mass is 10.3. The van der Waals surface area contributed by atoms with Gasteiger partial charge in [-0.05, 0) is 25.1 Å². The lowest BCUT2D eigenvalue weighted by Crippen LogP contribution is -2.29. The summed E-state index contributed by atoms with van der Waals surface area (Å²) < 4.78 is 2.47. The highest BCUT2D eigenvalue weighted by Gasteiger charge is 2.12. The molecule has 2 N–H and O–H groups in total. The molecule has 1 amide bonds. The second-order valence-corrected chi connectivity index (χ2v) is 5.28. The van der Waals surface area contributed by atoms with E-state index in [4.69, 9.17) is 11.6 Å². The Morgan fingerprint density at radius 3 is 2.91 bits per heavy atom. The molecular weight excluding hydrogens is 308 g/mol. The molecule has 114 valence electrons. The first-order valence-corrected chi connectivity index (χ1v) is 6.87. The fourth-order valence-electron chi connectivity index (χ4n) is 2.05. The Morgan fingerprint density at radius 2 is 2.23 bits per heavy atom. The smallest absolute Gasteiger partial charge is 0.324 e. The lowest BCUT2D eigenvalue weighted by Gasteiger charge is -2.00. The summed E-state index contributed by atoms with van der Waals surface area (Å²) in [5.74, 6) is 0.435. The SMILES string of the molecule is Cc1nn(CC(=O)Nc2nc3ccc(Cl)cc3[nH]2)c(=O)n1C. The van der Waals surface area contributed by atoms with Gasteiger partial charge in [-0.1, -0.05) is 11.6 Å². The van der Waals surface area contributed by atoms with Crippen molar-refractivity contribution in [3.05, 3.63) is 39.5 Å². The second kappa shape index (κ2) is 5.30. The number of aryl methyl sites for hydroxylation is 1. The quantitative estimate of drug-likeness (QED) is 0.754. The summed E-state index contributed by atoms with van der Waals surface area (Å²) in [6, 6.07) is 5.18. The molecule has 0 atom stereocenters. The topological polar surface area (TPSA) is 97.6 Å². The van der Waals surface area contributed by atoms with E-state index in [-0.39, 0.29) is 12.2 Å². The summed E-state index contributed by atoms with van der Waals surface area (Å²) in [6.45, 7) is 1.51. The van der Waals surface area contributed by atoms with E-state index in [1.54, 1.807) is 32.2 Å². The molecule has 0 saturated carbocycles. The Morgan fingerprint density at radius 1 is 1.45 bits per heavy atom. The predicted octanol–water partition coefficient (Wildman–Crippen LogP) is 1.06. The summed E-state index contributed by atoms with van der Waals surface area (Å²) in [5.41, 5.74) is 1.06. The van der Waals surface area contributed by atoms with Crippen LogP contribution in [0.15, 0.2) is 23.0 Å². The molecule has 0 spiro atoms. The van der Waals surface area contributed by atoms with Crippen molar-refractivity contribution in [2.24, 2.45) is 7.05 Å². The summed E-state index contributed by atoms with van der Waals surface area (Å²) >= 11 is 5.89. The standard InChI is InChI=1S/C13H13ClN6O2/c1-7-18-20(13(22)19(7)2)6-11(21)17-12-15-9-4-3-8(14)5-10(9)16-12/h3-5H,6H2,1-2H3,(H2,15,16,17,21). The van der Waals surface area contributed by atoms with Crippen LogP contribution in [0, 0.1) is 6.92 Å². The van der Waals surface area contributed by atoms with Gasteiger partial charge in [0.25, 0.3) is 0 Å². The maximum atomic E-state index is 12.0. The molecule has 2 heterocycles. The molecule has 3 aromatic rings. The van der Waals surface area contributed by atoms with Crippen LogP contribution in [-0.4, -0.2) is 30.2 Å². The Kier molecular flexibility index (Phi) is 3.45. The average molecular weight is 321 g/mol. The van der Waals surface area contributed by atoms with Crippen molar-refractivity contribution in [2.75, 3.05) is 5.32 Å². The fourth-order valence-corrected chi connectivity index (χ4v) is 2.22. The molecule has 9 heteroatoms. The minimum atomic E-state index is -0.398. The van der Waals surface area contributed by atoms with Crippen molar-refractivity contribution in [1.82, 2.24) is 24.3 Å². The Balaban J connectivity index is 1.78. The molecule has 3 rings (SSSR count). The van der Waals surface area contributed by atoms with E-state index in [0.717, 1.165) is 4.68 Å². The summed E-state index contributed by atoms with van der Waals surface area (Å²) in [7, 11) is 1.60. The number of anilines is 1. The number of amides is 1. The third-order valence-corrected chi connectivity index (χ3v) is 3.49. The molecule has 0 unspecified atom stereocenters. The van der Waals surface area contributed by atoms with Crippen LogP contribution in [0.25, 0.3) is 11.0 Å². The monoisotopic (exact) mass is 320 g/mol. The number of carbonyl (C=O) groups excluding carboxylic acids is 1. The van der Waals surface area contributed by atoms with Crippen LogP contribution in [0.4, 0.5) is 5.95 Å². The number of carbonyl (C=O) groups is 1. The molecule has 0 aliphatic rings. The number of imidazole rings is 1. The third-order valence-electron chi connectivity index (χ3n) is 3.25. The number of H-pyrrole nitrogens is 1. The van der Waals surface area contributed by atoms with Gasteiger partial charge in [0.15, 0.2) is 0 Å². The van der Waals surface area contributed by atoms with E-state index in [1.165, 1.54) is 4.57 Å². The number of halogens is 1. The van der Waals surface area contributed by atoms with Gasteiger partial charge >= 0.3 is 5.69 Å². The van der Waals surface area contributed by atoms with Gasteiger partial charge in [-0.15, -0.1) is 0 Å². The molecule has 8 nitrogen and oxygen atoms in total. The van der Waals surface area contributed by atoms with E-state index in [1.807, 2.05) is 0 Å². The Hall–Kier alpha value is -2.61. The van der Waals surface area contributed by atoms with Crippen molar-refractivity contribution in [3.8, 4) is 0 Å². The number of aromatic nitrogens is 5. The van der Waals surface area contributed by atoms with E-state index in [9.17, 15) is 9.59 Å². The van der Waals surface area contributed by atoms with Gasteiger partial charge in [0.05, 0.1) is 11.0 Å². The minimum Gasteiger partial charge on any atom is -0.324 e. The molecule has 0 aliphatic carbocycles. The first kappa shape index (κ1) is 14.3. The van der Waals surface area contributed by atoms with Crippen LogP contribution in [0.3, 0.4) is 0 Å². The number of nitrogens with zero attached hydrogens (tertiary/aromatic N) is 4. The molecule has 0 radical (unpaired) electrons. The highest BCUT2D eigenvalue weighted by molar-refractivity contribution is 6.31. The molecule has 0 fully saturated rings. The van der Waals surface area contributed by atoms with Gasteiger partial charge in [-0.25, -0.2) is 14.5 Å². The molecule has 0 saturated heterocycles. The molecule has 0 bridgehead atoms. The predicted molar refractivity (Wildman–Crippen MR) is 81.9 cm³/mol. The number of aromatic amines is 1. The van der Waals surface area contributed by atoms with Crippen LogP contribution < -0.4 is 11.0 Å². The van der Waals surface area contributed by atoms with Crippen LogP contribution in [-0.2, 0) is 18.4 Å². The van der Waals surface area contributed by atoms with Gasteiger partial charge in [-0.3, -0.25) is 14.7 Å². The lowest BCUT2D eigenvalue weighted by molar-refractivity contribution is -0.117. The third kappa shape index (κ3) is 2.60. The number of rotatable bonds is 3. The normalized spacial score (nSPS) is 11.0. The van der Waals surface area contributed by atoms with Gasteiger partial charge in [0.1, 0.15) is 12.4 Å². The first-order chi connectivity index (χ1) is 10.4. The van der Waals surface area contributed by atoms with Gasteiger partial charge in [0, 0.05) is 12.1 Å². The number of nitrogens with one attached hydrogen (secondary N) is 2. The highest BCUT2D eigenvalue weighted by atomic mass is 35.5. The number of hydrogen-bond donors (Lipinski definition) is 2. The zero-order valence-electron chi connectivity index (χ0n) is 11.9. The fraction of sp³-hybridized carbons (Fsp3) is 0.231. The second-order valence-electron chi connectivity index (χ2n) is 4.84. The Bertz CT molecular complexity index is 922. The molecular formula is C13H13ClN6O2. The number of hydrogen-bond acceptors (Lipinski definition) is 4. The van der Waals surface area contributed by atoms with Gasteiger partial charge in [0.2, 0.25) is 11.9 Å². The zero-order chi connectivity index (χ0) is 15.9. The summed E-state index contributed by atoms with van der Waals surface area (Å²) in [6.07, 6.45) is 0. The van der Waals surface area contributed by atoms with E-state index in [0.29, 0.717) is 27.8 Å². The maximum Gasteiger partial charge on any atom is 0.346 e. The van der Waals surface area contributed by atoms with Crippen molar-refractivity contribution in [1.29, 1.82) is 0 Å². The van der Waals surface area contributed by atoms with Crippen LogP contribution in [0.2, 0.25) is 5.02 Å². The van der Waals surface area contributed by atoms with E-state index < -0.39 is 5.91 Å². The van der Waals surface area contributed by atoms with Gasteiger partial charge < -0.3 is 4.98 Å². The molecule has 1 aromatic carbocycles. The minimum absolute atomic E-state index is 0.182. The van der Waals surface area contributed by atoms with Crippen LogP contribution >= 0.6 is 11.6 Å². The molecule has 0 aliphatic heterocycles. The number of benzene rings is 1. The van der Waals surface area contributed by atoms with Crippen molar-refractivity contribution in [2.45, 2.75) is 13.5 Å². The van der Waals surface area contributed by atoms with Crippen molar-refractivity contribution < 1.29 is 4.79 Å². The highest BCUT2D eigenvalue weighted by Crippen LogP contribution is 2.18. The summed E-state index contributed by atoms with van der Waals surface area (Å²) in [4.78, 5) is 31.0. The first-order valence-electron chi connectivity index (χ1n) is 6.49. The summed E-state index contributed by atoms with van der Waals surface area (Å²) in [5, 5.41) is 7.18. The van der Waals surface area contributed by atoms with E-state index in [2.05, 4.69) is 20.4 Å². The largest absolute Gasteiger partial charge is 0.346 e. The van der Waals surface area contributed by atoms with Crippen molar-refractivity contribution >= 4 is 34.5 Å². The van der Waals surface area contributed by atoms with Crippen molar-refractivity contribution in [3.63, 3.8) is 0 Å². The van der Waals surface area contributed by atoms with Crippen LogP contribution in [0.5, 0.6) is 0 Å².